The largest absolute Gasteiger partial charge is 0.392 e. The van der Waals surface area contributed by atoms with Gasteiger partial charge in [-0.25, -0.2) is 0 Å². The summed E-state index contributed by atoms with van der Waals surface area (Å²) in [5.74, 6) is 0.609. The molecule has 5 rings (SSSR count). The van der Waals surface area contributed by atoms with Gasteiger partial charge in [0.05, 0.1) is 24.9 Å². The van der Waals surface area contributed by atoms with Gasteiger partial charge in [-0.1, -0.05) is 62.6 Å². The third-order valence-corrected chi connectivity index (χ3v) is 10.7. The van der Waals surface area contributed by atoms with E-state index >= 15 is 0 Å². The fourth-order valence-electron chi connectivity index (χ4n) is 8.06. The van der Waals surface area contributed by atoms with Crippen molar-refractivity contribution >= 4 is 23.4 Å². The highest BCUT2D eigenvalue weighted by Gasteiger charge is 2.46. The summed E-state index contributed by atoms with van der Waals surface area (Å²) in [5, 5.41) is 18.7. The molecular formula is C41H60N4O6. The maximum Gasteiger partial charge on any atom is 0.237 e. The van der Waals surface area contributed by atoms with E-state index in [1.807, 2.05) is 69.3 Å². The van der Waals surface area contributed by atoms with Crippen LogP contribution < -0.4 is 16.0 Å². The van der Waals surface area contributed by atoms with Crippen LogP contribution in [0.25, 0.3) is 0 Å². The molecule has 280 valence electrons. The molecule has 3 fully saturated rings. The van der Waals surface area contributed by atoms with Gasteiger partial charge in [-0.2, -0.15) is 0 Å². The summed E-state index contributed by atoms with van der Waals surface area (Å²) in [5.41, 5.74) is 3.12. The van der Waals surface area contributed by atoms with Gasteiger partial charge in [0.15, 0.2) is 6.29 Å². The molecule has 10 nitrogen and oxygen atoms in total. The topological polar surface area (TPSA) is 129 Å². The van der Waals surface area contributed by atoms with Gasteiger partial charge in [0, 0.05) is 55.2 Å². The summed E-state index contributed by atoms with van der Waals surface area (Å²) in [6.45, 7) is 11.0. The predicted octanol–water partition coefficient (Wildman–Crippen LogP) is 6.54. The van der Waals surface area contributed by atoms with Crippen molar-refractivity contribution in [2.45, 2.75) is 142 Å². The Labute approximate surface area is 304 Å². The lowest BCUT2D eigenvalue weighted by molar-refractivity contribution is -0.278. The Morgan fingerprint density at radius 3 is 2.27 bits per heavy atom. The third-order valence-electron chi connectivity index (χ3n) is 10.7. The second-order valence-electron chi connectivity index (χ2n) is 15.9. The average molecular weight is 705 g/mol. The summed E-state index contributed by atoms with van der Waals surface area (Å²) >= 11 is 0. The fourth-order valence-corrected chi connectivity index (χ4v) is 8.06. The van der Waals surface area contributed by atoms with Crippen LogP contribution >= 0.6 is 0 Å². The lowest BCUT2D eigenvalue weighted by Gasteiger charge is -2.51. The van der Waals surface area contributed by atoms with Crippen LogP contribution in [-0.4, -0.2) is 64.5 Å². The Balaban J connectivity index is 1.33. The third kappa shape index (κ3) is 10.9. The van der Waals surface area contributed by atoms with Crippen molar-refractivity contribution in [1.82, 2.24) is 15.5 Å². The molecular weight excluding hydrogens is 644 g/mol. The normalized spacial score (nSPS) is 26.9. The first kappa shape index (κ1) is 38.9. The van der Waals surface area contributed by atoms with Crippen LogP contribution in [-0.2, 0) is 30.5 Å². The van der Waals surface area contributed by atoms with E-state index < -0.39 is 6.29 Å². The van der Waals surface area contributed by atoms with Gasteiger partial charge in [0.1, 0.15) is 0 Å². The lowest BCUT2D eigenvalue weighted by Crippen LogP contribution is -2.61. The summed E-state index contributed by atoms with van der Waals surface area (Å²) in [6.07, 6.45) is 8.44. The average Bonchev–Trinajstić information content (AvgIpc) is 3.10. The molecule has 0 bridgehead atoms. The monoisotopic (exact) mass is 704 g/mol. The SMILES string of the molecule is CC(=O)NCCCCCC(=O)Nc1ccc([C@@H]2O[C@H](CN3[C@@H](C(=O)NC(C)(C)C)CC[C@H]4CCCC[C@H]43)[C@H](C)[C@H](c3ccc(CO)cc3)O2)cc1. The molecule has 1 aliphatic carbocycles. The molecule has 2 aromatic rings. The number of nitrogens with zero attached hydrogens (tertiary/aromatic N) is 1. The number of fused-ring (bicyclic) bond motifs is 1. The van der Waals surface area contributed by atoms with Gasteiger partial charge < -0.3 is 30.5 Å². The molecule has 0 aromatic heterocycles. The Morgan fingerprint density at radius 1 is 0.882 bits per heavy atom. The Hall–Kier alpha value is -3.31. The minimum Gasteiger partial charge on any atom is -0.392 e. The summed E-state index contributed by atoms with van der Waals surface area (Å²) in [4.78, 5) is 39.9. The molecule has 0 unspecified atom stereocenters. The molecule has 2 aliphatic heterocycles. The fraction of sp³-hybridized carbons (Fsp3) is 0.634. The van der Waals surface area contributed by atoms with Crippen LogP contribution in [0.1, 0.15) is 128 Å². The van der Waals surface area contributed by atoms with Crippen LogP contribution in [0.5, 0.6) is 0 Å². The number of unbranched alkanes of at least 4 members (excludes halogenated alkanes) is 2. The first-order valence-corrected chi connectivity index (χ1v) is 19.1. The van der Waals surface area contributed by atoms with E-state index in [1.165, 1.54) is 26.2 Å². The molecule has 2 saturated heterocycles. The molecule has 2 heterocycles. The highest BCUT2D eigenvalue weighted by atomic mass is 16.7. The van der Waals surface area contributed by atoms with Gasteiger partial charge in [0.2, 0.25) is 17.7 Å². The number of hydrogen-bond donors (Lipinski definition) is 4. The smallest absolute Gasteiger partial charge is 0.237 e. The van der Waals surface area contributed by atoms with E-state index in [4.69, 9.17) is 9.47 Å². The van der Waals surface area contributed by atoms with Crippen molar-refractivity contribution in [3.8, 4) is 0 Å². The van der Waals surface area contributed by atoms with Crippen LogP contribution in [0.3, 0.4) is 0 Å². The molecule has 4 N–H and O–H groups in total. The predicted molar refractivity (Wildman–Crippen MR) is 199 cm³/mol. The van der Waals surface area contributed by atoms with Crippen molar-refractivity contribution in [1.29, 1.82) is 0 Å². The second kappa shape index (κ2) is 17.9. The van der Waals surface area contributed by atoms with Crippen LogP contribution in [0, 0.1) is 11.8 Å². The minimum atomic E-state index is -0.643. The van der Waals surface area contributed by atoms with Gasteiger partial charge in [0.25, 0.3) is 0 Å². The quantitative estimate of drug-likeness (QED) is 0.174. The first-order chi connectivity index (χ1) is 24.4. The maximum absolute atomic E-state index is 13.8. The standard InChI is InChI=1S/C41H60N4O6/c1-27-36(25-45-34-12-9-8-11-30(34)20-23-35(45)39(49)44-41(3,4)5)50-40(51-38(27)31-16-14-29(26-46)15-17-31)32-18-21-33(22-19-32)43-37(48)13-7-6-10-24-42-28(2)47/h14-19,21-22,27,30,34-36,38,40,46H,6-13,20,23-26H2,1-5H3,(H,42,47)(H,43,48)(H,44,49)/t27-,30+,34+,35+,36+,38+,40+/m0/s1. The number of rotatable bonds is 13. The zero-order valence-electron chi connectivity index (χ0n) is 31.3. The number of nitrogens with one attached hydrogen (secondary N) is 3. The van der Waals surface area contributed by atoms with Crippen molar-refractivity contribution < 1.29 is 29.0 Å². The zero-order chi connectivity index (χ0) is 36.5. The Kier molecular flexibility index (Phi) is 13.7. The highest BCUT2D eigenvalue weighted by molar-refractivity contribution is 5.90. The number of aliphatic hydroxyl groups is 1. The van der Waals surface area contributed by atoms with Crippen molar-refractivity contribution in [3.05, 3.63) is 65.2 Å². The van der Waals surface area contributed by atoms with Gasteiger partial charge in [-0.3, -0.25) is 19.3 Å². The van der Waals surface area contributed by atoms with E-state index in [2.05, 4.69) is 27.8 Å². The van der Waals surface area contributed by atoms with Crippen molar-refractivity contribution in [2.75, 3.05) is 18.4 Å². The van der Waals surface area contributed by atoms with Crippen LogP contribution in [0.2, 0.25) is 0 Å². The van der Waals surface area contributed by atoms with Gasteiger partial charge in [-0.15, -0.1) is 0 Å². The van der Waals surface area contributed by atoms with E-state index in [1.54, 1.807) is 0 Å². The number of aliphatic hydroxyl groups excluding tert-OH is 1. The number of anilines is 1. The number of amides is 3. The first-order valence-electron chi connectivity index (χ1n) is 19.1. The molecule has 2 aromatic carbocycles. The summed E-state index contributed by atoms with van der Waals surface area (Å²) < 4.78 is 13.6. The second-order valence-corrected chi connectivity index (χ2v) is 15.9. The number of hydrogen-bond acceptors (Lipinski definition) is 7. The number of piperidine rings is 1. The molecule has 7 atom stereocenters. The number of carbonyl (C=O) groups is 3. The Morgan fingerprint density at radius 2 is 1.59 bits per heavy atom. The van der Waals surface area contributed by atoms with Crippen LogP contribution in [0.15, 0.2) is 48.5 Å². The van der Waals surface area contributed by atoms with Crippen LogP contribution in [0.4, 0.5) is 5.69 Å². The van der Waals surface area contributed by atoms with Gasteiger partial charge in [-0.05, 0) is 88.5 Å². The van der Waals surface area contributed by atoms with E-state index in [-0.39, 0.29) is 54.0 Å². The maximum atomic E-state index is 13.8. The molecule has 3 aliphatic rings. The molecule has 1 saturated carbocycles. The number of ether oxygens (including phenoxy) is 2. The van der Waals surface area contributed by atoms with E-state index in [0.29, 0.717) is 37.2 Å². The molecule has 3 amide bonds. The molecule has 0 radical (unpaired) electrons. The number of benzene rings is 2. The molecule has 51 heavy (non-hydrogen) atoms. The molecule has 0 spiro atoms. The van der Waals surface area contributed by atoms with Crippen molar-refractivity contribution in [3.63, 3.8) is 0 Å². The van der Waals surface area contributed by atoms with E-state index in [0.717, 1.165) is 55.2 Å². The lowest BCUT2D eigenvalue weighted by atomic mass is 9.75. The summed E-state index contributed by atoms with van der Waals surface area (Å²) in [7, 11) is 0. The number of carbonyl (C=O) groups excluding carboxylic acids is 3. The Bertz CT molecular complexity index is 1440. The highest BCUT2D eigenvalue weighted by Crippen LogP contribution is 2.44. The van der Waals surface area contributed by atoms with E-state index in [9.17, 15) is 19.5 Å². The summed E-state index contributed by atoms with van der Waals surface area (Å²) in [6, 6.07) is 15.8. The van der Waals surface area contributed by atoms with Gasteiger partial charge >= 0.3 is 0 Å². The number of likely N-dealkylation sites (tertiary alicyclic amines) is 1. The van der Waals surface area contributed by atoms with Crippen molar-refractivity contribution in [2.24, 2.45) is 11.8 Å². The minimum absolute atomic E-state index is 0.00618. The molecule has 10 heteroatoms. The zero-order valence-corrected chi connectivity index (χ0v) is 31.3.